The Labute approximate surface area is 111 Å². The minimum atomic E-state index is -1.45. The number of nitrogens with one attached hydrogen (secondary N) is 1. The van der Waals surface area contributed by atoms with Gasteiger partial charge < -0.3 is 15.5 Å². The van der Waals surface area contributed by atoms with Gasteiger partial charge in [-0.15, -0.1) is 0 Å². The number of aliphatic carboxylic acids is 1. The van der Waals surface area contributed by atoms with Crippen LogP contribution in [0.4, 0.5) is 0 Å². The van der Waals surface area contributed by atoms with Crippen LogP contribution < -0.4 is 5.32 Å². The maximum Gasteiger partial charge on any atom is 0.332 e. The average Bonchev–Trinajstić information content (AvgIpc) is 2.70. The number of aryl methyl sites for hydroxylation is 2. The van der Waals surface area contributed by atoms with Gasteiger partial charge >= 0.3 is 5.97 Å². The van der Waals surface area contributed by atoms with Crippen LogP contribution in [-0.2, 0) is 11.3 Å². The Kier molecular flexibility index (Phi) is 5.50. The molecule has 1 atom stereocenters. The van der Waals surface area contributed by atoms with Crippen molar-refractivity contribution in [3.63, 3.8) is 0 Å². The lowest BCUT2D eigenvalue weighted by molar-refractivity contribution is -0.146. The highest BCUT2D eigenvalue weighted by atomic mass is 16.4. The third-order valence-electron chi connectivity index (χ3n) is 2.63. The predicted octanol–water partition coefficient (Wildman–Crippen LogP) is 0.167. The summed E-state index contributed by atoms with van der Waals surface area (Å²) >= 11 is 0. The normalized spacial score (nSPS) is 12.2. The fourth-order valence-electron chi connectivity index (χ4n) is 1.63. The molecule has 0 aromatic carbocycles. The monoisotopic (exact) mass is 269 g/mol. The van der Waals surface area contributed by atoms with Gasteiger partial charge in [0.05, 0.1) is 11.3 Å². The van der Waals surface area contributed by atoms with Crippen LogP contribution in [0.2, 0.25) is 0 Å². The van der Waals surface area contributed by atoms with Crippen LogP contribution in [0.15, 0.2) is 6.20 Å². The Bertz CT molecular complexity index is 456. The molecule has 3 N–H and O–H groups in total. The summed E-state index contributed by atoms with van der Waals surface area (Å²) in [6, 6.07) is 0. The lowest BCUT2D eigenvalue weighted by Gasteiger charge is -2.06. The Morgan fingerprint density at radius 1 is 1.53 bits per heavy atom. The maximum absolute atomic E-state index is 11.8. The first-order chi connectivity index (χ1) is 8.95. The molecule has 0 saturated carbocycles. The first-order valence-electron chi connectivity index (χ1n) is 6.18. The van der Waals surface area contributed by atoms with E-state index in [1.807, 2.05) is 6.92 Å². The van der Waals surface area contributed by atoms with Crippen molar-refractivity contribution in [2.75, 3.05) is 6.54 Å². The van der Waals surface area contributed by atoms with Gasteiger partial charge in [-0.2, -0.15) is 5.10 Å². The number of hydrogen-bond acceptors (Lipinski definition) is 4. The van der Waals surface area contributed by atoms with Crippen molar-refractivity contribution in [2.45, 2.75) is 39.3 Å². The van der Waals surface area contributed by atoms with Crippen molar-refractivity contribution in [3.8, 4) is 0 Å². The minimum Gasteiger partial charge on any atom is -0.479 e. The highest BCUT2D eigenvalue weighted by Crippen LogP contribution is 2.06. The van der Waals surface area contributed by atoms with Gasteiger partial charge in [0.25, 0.3) is 5.91 Å². The molecule has 1 amide bonds. The number of carboxylic acid groups (broad SMARTS) is 1. The van der Waals surface area contributed by atoms with E-state index in [9.17, 15) is 9.59 Å². The fraction of sp³-hybridized carbons (Fsp3) is 0.583. The zero-order valence-corrected chi connectivity index (χ0v) is 11.1. The first-order valence-corrected chi connectivity index (χ1v) is 6.18. The van der Waals surface area contributed by atoms with Crippen molar-refractivity contribution >= 4 is 11.9 Å². The molecule has 0 aliphatic heterocycles. The SMILES string of the molecule is CCCn1cc(C(=O)NCC[C@H](O)C(=O)O)c(C)n1. The molecule has 0 spiro atoms. The van der Waals surface area contributed by atoms with Gasteiger partial charge in [0, 0.05) is 25.7 Å². The Morgan fingerprint density at radius 3 is 2.79 bits per heavy atom. The van der Waals surface area contributed by atoms with Crippen molar-refractivity contribution < 1.29 is 19.8 Å². The van der Waals surface area contributed by atoms with Crippen LogP contribution in [0.25, 0.3) is 0 Å². The predicted molar refractivity (Wildman–Crippen MR) is 67.8 cm³/mol. The summed E-state index contributed by atoms with van der Waals surface area (Å²) in [5.74, 6) is -1.60. The second-order valence-electron chi connectivity index (χ2n) is 4.29. The molecule has 1 aromatic rings. The molecule has 1 aromatic heterocycles. The van der Waals surface area contributed by atoms with Crippen LogP contribution in [0.3, 0.4) is 0 Å². The van der Waals surface area contributed by atoms with Gasteiger partial charge in [-0.25, -0.2) is 4.79 Å². The molecule has 0 radical (unpaired) electrons. The Morgan fingerprint density at radius 2 is 2.21 bits per heavy atom. The largest absolute Gasteiger partial charge is 0.479 e. The number of aliphatic hydroxyl groups is 1. The van der Waals surface area contributed by atoms with Crippen molar-refractivity contribution in [1.29, 1.82) is 0 Å². The van der Waals surface area contributed by atoms with Crippen LogP contribution in [0, 0.1) is 6.92 Å². The van der Waals surface area contributed by atoms with Crippen LogP contribution >= 0.6 is 0 Å². The maximum atomic E-state index is 11.8. The molecule has 0 unspecified atom stereocenters. The molecular formula is C12H19N3O4. The highest BCUT2D eigenvalue weighted by molar-refractivity contribution is 5.95. The number of hydrogen-bond donors (Lipinski definition) is 3. The molecule has 0 aliphatic carbocycles. The number of carbonyl (C=O) groups excluding carboxylic acids is 1. The van der Waals surface area contributed by atoms with Crippen molar-refractivity contribution in [1.82, 2.24) is 15.1 Å². The van der Waals surface area contributed by atoms with Gasteiger partial charge in [-0.05, 0) is 13.3 Å². The Balaban J connectivity index is 2.51. The van der Waals surface area contributed by atoms with Gasteiger partial charge in [0.15, 0.2) is 6.10 Å². The van der Waals surface area contributed by atoms with E-state index in [0.717, 1.165) is 13.0 Å². The lowest BCUT2D eigenvalue weighted by atomic mass is 10.2. The number of nitrogens with zero attached hydrogens (tertiary/aromatic N) is 2. The van der Waals surface area contributed by atoms with Crippen molar-refractivity contribution in [3.05, 3.63) is 17.5 Å². The van der Waals surface area contributed by atoms with Crippen LogP contribution in [0.1, 0.15) is 35.8 Å². The molecule has 106 valence electrons. The first kappa shape index (κ1) is 15.2. The summed E-state index contributed by atoms with van der Waals surface area (Å²) in [4.78, 5) is 22.2. The van der Waals surface area contributed by atoms with E-state index in [-0.39, 0.29) is 18.9 Å². The average molecular weight is 269 g/mol. The molecule has 0 aliphatic rings. The highest BCUT2D eigenvalue weighted by Gasteiger charge is 2.15. The van der Waals surface area contributed by atoms with E-state index in [0.29, 0.717) is 11.3 Å². The van der Waals surface area contributed by atoms with E-state index in [1.54, 1.807) is 17.8 Å². The van der Waals surface area contributed by atoms with Gasteiger partial charge in [0.2, 0.25) is 0 Å². The molecule has 0 bridgehead atoms. The second-order valence-corrected chi connectivity index (χ2v) is 4.29. The summed E-state index contributed by atoms with van der Waals surface area (Å²) in [6.45, 7) is 4.60. The molecule has 19 heavy (non-hydrogen) atoms. The summed E-state index contributed by atoms with van der Waals surface area (Å²) in [5.41, 5.74) is 1.10. The number of aliphatic hydroxyl groups excluding tert-OH is 1. The number of carboxylic acids is 1. The number of rotatable bonds is 7. The van der Waals surface area contributed by atoms with Crippen molar-refractivity contribution in [2.24, 2.45) is 0 Å². The number of aromatic nitrogens is 2. The summed E-state index contributed by atoms with van der Waals surface area (Å²) in [6.07, 6.45) is 1.11. The standard InChI is InChI=1S/C12H19N3O4/c1-3-6-15-7-9(8(2)14-15)11(17)13-5-4-10(16)12(18)19/h7,10,16H,3-6H2,1-2H3,(H,13,17)(H,18,19)/t10-/m0/s1. The molecule has 0 fully saturated rings. The number of amides is 1. The molecule has 1 rings (SSSR count). The zero-order chi connectivity index (χ0) is 14.4. The molecule has 7 heteroatoms. The topological polar surface area (TPSA) is 104 Å². The Hall–Kier alpha value is -1.89. The van der Waals surface area contributed by atoms with Crippen LogP contribution in [0.5, 0.6) is 0 Å². The van der Waals surface area contributed by atoms with E-state index in [1.165, 1.54) is 0 Å². The van der Waals surface area contributed by atoms with Gasteiger partial charge in [-0.3, -0.25) is 9.48 Å². The molecule has 0 saturated heterocycles. The molecule has 7 nitrogen and oxygen atoms in total. The number of carbonyl (C=O) groups is 2. The second kappa shape index (κ2) is 6.89. The van der Waals surface area contributed by atoms with Gasteiger partial charge in [0.1, 0.15) is 0 Å². The summed E-state index contributed by atoms with van der Waals surface area (Å²) in [5, 5.41) is 24.3. The fourth-order valence-corrected chi connectivity index (χ4v) is 1.63. The third-order valence-corrected chi connectivity index (χ3v) is 2.63. The quantitative estimate of drug-likeness (QED) is 0.654. The lowest BCUT2D eigenvalue weighted by Crippen LogP contribution is -2.30. The van der Waals surface area contributed by atoms with E-state index < -0.39 is 12.1 Å². The smallest absolute Gasteiger partial charge is 0.332 e. The molecular weight excluding hydrogens is 250 g/mol. The molecule has 1 heterocycles. The van der Waals surface area contributed by atoms with Crippen LogP contribution in [-0.4, -0.2) is 44.5 Å². The summed E-state index contributed by atoms with van der Waals surface area (Å²) < 4.78 is 1.70. The van der Waals surface area contributed by atoms with E-state index >= 15 is 0 Å². The van der Waals surface area contributed by atoms with Gasteiger partial charge in [-0.1, -0.05) is 6.92 Å². The van der Waals surface area contributed by atoms with E-state index in [4.69, 9.17) is 10.2 Å². The minimum absolute atomic E-state index is 0.0246. The van der Waals surface area contributed by atoms with E-state index in [2.05, 4.69) is 10.4 Å². The third kappa shape index (κ3) is 4.36. The zero-order valence-electron chi connectivity index (χ0n) is 11.1. The summed E-state index contributed by atoms with van der Waals surface area (Å²) in [7, 11) is 0.